The van der Waals surface area contributed by atoms with E-state index in [0.717, 1.165) is 43.6 Å². The van der Waals surface area contributed by atoms with Gasteiger partial charge in [0.05, 0.1) is 12.1 Å². The Labute approximate surface area is 108 Å². The van der Waals surface area contributed by atoms with Crippen LogP contribution in [0.15, 0.2) is 18.3 Å². The van der Waals surface area contributed by atoms with Gasteiger partial charge in [-0.15, -0.1) is 0 Å². The summed E-state index contributed by atoms with van der Waals surface area (Å²) >= 11 is 0. The molecule has 1 aliphatic rings. The molecule has 0 saturated carbocycles. The molecule has 0 radical (unpaired) electrons. The van der Waals surface area contributed by atoms with Gasteiger partial charge in [0.15, 0.2) is 0 Å². The average Bonchev–Trinajstić information content (AvgIpc) is 2.34. The number of aliphatic carboxylic acids is 1. The van der Waals surface area contributed by atoms with E-state index < -0.39 is 5.97 Å². The SMILES string of the molecule is Cc1ccc(CN2CCCCC2CC(=O)O)nc1. The Balaban J connectivity index is 2.00. The quantitative estimate of drug-likeness (QED) is 0.887. The van der Waals surface area contributed by atoms with Crippen LogP contribution in [0, 0.1) is 6.92 Å². The molecule has 4 heteroatoms. The number of nitrogens with zero attached hydrogens (tertiary/aromatic N) is 2. The molecule has 1 aliphatic heterocycles. The van der Waals surface area contributed by atoms with E-state index in [0.29, 0.717) is 0 Å². The minimum atomic E-state index is -0.705. The third kappa shape index (κ3) is 3.53. The fourth-order valence-corrected chi connectivity index (χ4v) is 2.50. The van der Waals surface area contributed by atoms with Crippen molar-refractivity contribution < 1.29 is 9.90 Å². The van der Waals surface area contributed by atoms with Crippen LogP contribution in [-0.4, -0.2) is 33.5 Å². The molecule has 1 N–H and O–H groups in total. The molecular formula is C14H20N2O2. The van der Waals surface area contributed by atoms with Crippen LogP contribution in [0.4, 0.5) is 0 Å². The van der Waals surface area contributed by atoms with Gasteiger partial charge in [0, 0.05) is 18.8 Å². The molecule has 1 aromatic heterocycles. The predicted molar refractivity (Wildman–Crippen MR) is 69.3 cm³/mol. The van der Waals surface area contributed by atoms with Crippen molar-refractivity contribution in [3.63, 3.8) is 0 Å². The molecule has 0 bridgehead atoms. The van der Waals surface area contributed by atoms with Gasteiger partial charge in [-0.25, -0.2) is 0 Å². The number of carbonyl (C=O) groups is 1. The lowest BCUT2D eigenvalue weighted by molar-refractivity contribution is -0.138. The van der Waals surface area contributed by atoms with E-state index in [1.54, 1.807) is 0 Å². The fraction of sp³-hybridized carbons (Fsp3) is 0.571. The number of carboxylic acid groups (broad SMARTS) is 1. The number of carboxylic acids is 1. The largest absolute Gasteiger partial charge is 0.481 e. The summed E-state index contributed by atoms with van der Waals surface area (Å²) in [4.78, 5) is 17.5. The van der Waals surface area contributed by atoms with E-state index in [1.165, 1.54) is 0 Å². The highest BCUT2D eigenvalue weighted by atomic mass is 16.4. The van der Waals surface area contributed by atoms with Crippen LogP contribution in [0.1, 0.15) is 36.9 Å². The number of rotatable bonds is 4. The zero-order valence-electron chi connectivity index (χ0n) is 10.8. The van der Waals surface area contributed by atoms with E-state index in [9.17, 15) is 4.79 Å². The molecule has 1 unspecified atom stereocenters. The molecule has 4 nitrogen and oxygen atoms in total. The second-order valence-corrected chi connectivity index (χ2v) is 5.04. The molecule has 1 fully saturated rings. The van der Waals surface area contributed by atoms with Crippen LogP contribution >= 0.6 is 0 Å². The van der Waals surface area contributed by atoms with Crippen molar-refractivity contribution in [2.75, 3.05) is 6.54 Å². The Morgan fingerprint density at radius 1 is 1.50 bits per heavy atom. The summed E-state index contributed by atoms with van der Waals surface area (Å²) in [5.74, 6) is -0.705. The van der Waals surface area contributed by atoms with Crippen molar-refractivity contribution in [2.45, 2.75) is 45.2 Å². The Bertz CT molecular complexity index is 403. The van der Waals surface area contributed by atoms with E-state index in [1.807, 2.05) is 19.2 Å². The van der Waals surface area contributed by atoms with Crippen molar-refractivity contribution >= 4 is 5.97 Å². The Hall–Kier alpha value is -1.42. The standard InChI is InChI=1S/C14H20N2O2/c1-11-5-6-12(15-9-11)10-16-7-3-2-4-13(16)8-14(17)18/h5-6,9,13H,2-4,7-8,10H2,1H3,(H,17,18). The molecule has 1 atom stereocenters. The molecule has 0 amide bonds. The van der Waals surface area contributed by atoms with Crippen molar-refractivity contribution in [3.8, 4) is 0 Å². The number of pyridine rings is 1. The number of piperidine rings is 1. The molecule has 0 aromatic carbocycles. The second-order valence-electron chi connectivity index (χ2n) is 5.04. The molecule has 1 saturated heterocycles. The molecule has 98 valence electrons. The number of hydrogen-bond acceptors (Lipinski definition) is 3. The second kappa shape index (κ2) is 5.96. The van der Waals surface area contributed by atoms with Gasteiger partial charge in [0.1, 0.15) is 0 Å². The van der Waals surface area contributed by atoms with Gasteiger partial charge in [-0.1, -0.05) is 12.5 Å². The summed E-state index contributed by atoms with van der Waals surface area (Å²) in [6.45, 7) is 3.76. The highest BCUT2D eigenvalue weighted by Gasteiger charge is 2.24. The first-order chi connectivity index (χ1) is 8.65. The van der Waals surface area contributed by atoms with E-state index in [4.69, 9.17) is 5.11 Å². The molecule has 0 spiro atoms. The average molecular weight is 248 g/mol. The summed E-state index contributed by atoms with van der Waals surface area (Å²) in [6, 6.07) is 4.25. The lowest BCUT2D eigenvalue weighted by Gasteiger charge is -2.34. The molecule has 2 heterocycles. The van der Waals surface area contributed by atoms with Crippen LogP contribution in [0.25, 0.3) is 0 Å². The normalized spacial score (nSPS) is 20.8. The van der Waals surface area contributed by atoms with Crippen molar-refractivity contribution in [1.29, 1.82) is 0 Å². The van der Waals surface area contributed by atoms with Gasteiger partial charge in [-0.3, -0.25) is 14.7 Å². The van der Waals surface area contributed by atoms with Crippen LogP contribution < -0.4 is 0 Å². The van der Waals surface area contributed by atoms with Gasteiger partial charge >= 0.3 is 5.97 Å². The molecule has 1 aromatic rings. The number of aromatic nitrogens is 1. The van der Waals surface area contributed by atoms with Crippen molar-refractivity contribution in [1.82, 2.24) is 9.88 Å². The molecule has 2 rings (SSSR count). The molecule has 18 heavy (non-hydrogen) atoms. The van der Waals surface area contributed by atoms with Gasteiger partial charge in [0.2, 0.25) is 0 Å². The van der Waals surface area contributed by atoms with Crippen molar-refractivity contribution in [2.24, 2.45) is 0 Å². The lowest BCUT2D eigenvalue weighted by Crippen LogP contribution is -2.40. The maximum Gasteiger partial charge on any atom is 0.304 e. The maximum atomic E-state index is 10.9. The van der Waals surface area contributed by atoms with Crippen LogP contribution in [0.5, 0.6) is 0 Å². The van der Waals surface area contributed by atoms with Crippen molar-refractivity contribution in [3.05, 3.63) is 29.6 Å². The van der Waals surface area contributed by atoms with E-state index in [2.05, 4.69) is 16.0 Å². The van der Waals surface area contributed by atoms with Gasteiger partial charge in [-0.05, 0) is 37.9 Å². The lowest BCUT2D eigenvalue weighted by atomic mass is 9.99. The zero-order valence-corrected chi connectivity index (χ0v) is 10.8. The molecular weight excluding hydrogens is 228 g/mol. The number of hydrogen-bond donors (Lipinski definition) is 1. The predicted octanol–water partition coefficient (Wildman–Crippen LogP) is 2.22. The third-order valence-electron chi connectivity index (χ3n) is 3.50. The summed E-state index contributed by atoms with van der Waals surface area (Å²) in [5, 5.41) is 8.94. The smallest absolute Gasteiger partial charge is 0.304 e. The number of likely N-dealkylation sites (tertiary alicyclic amines) is 1. The van der Waals surface area contributed by atoms with Crippen LogP contribution in [-0.2, 0) is 11.3 Å². The van der Waals surface area contributed by atoms with Gasteiger partial charge in [-0.2, -0.15) is 0 Å². The summed E-state index contributed by atoms with van der Waals surface area (Å²) in [6.07, 6.45) is 5.38. The van der Waals surface area contributed by atoms with Crippen LogP contribution in [0.3, 0.4) is 0 Å². The van der Waals surface area contributed by atoms with E-state index >= 15 is 0 Å². The highest BCUT2D eigenvalue weighted by Crippen LogP contribution is 2.21. The van der Waals surface area contributed by atoms with E-state index in [-0.39, 0.29) is 12.5 Å². The number of aryl methyl sites for hydroxylation is 1. The third-order valence-corrected chi connectivity index (χ3v) is 3.50. The highest BCUT2D eigenvalue weighted by molar-refractivity contribution is 5.67. The first-order valence-electron chi connectivity index (χ1n) is 6.52. The monoisotopic (exact) mass is 248 g/mol. The van der Waals surface area contributed by atoms with Gasteiger partial charge in [0.25, 0.3) is 0 Å². The summed E-state index contributed by atoms with van der Waals surface area (Å²) < 4.78 is 0. The minimum absolute atomic E-state index is 0.166. The van der Waals surface area contributed by atoms with Crippen LogP contribution in [0.2, 0.25) is 0 Å². The summed E-state index contributed by atoms with van der Waals surface area (Å²) in [5.41, 5.74) is 2.18. The van der Waals surface area contributed by atoms with Gasteiger partial charge < -0.3 is 5.11 Å². The first-order valence-corrected chi connectivity index (χ1v) is 6.52. The maximum absolute atomic E-state index is 10.9. The fourth-order valence-electron chi connectivity index (χ4n) is 2.50. The molecule has 0 aliphatic carbocycles. The zero-order chi connectivity index (χ0) is 13.0. The summed E-state index contributed by atoms with van der Waals surface area (Å²) in [7, 11) is 0. The minimum Gasteiger partial charge on any atom is -0.481 e. The topological polar surface area (TPSA) is 53.4 Å². The first kappa shape index (κ1) is 13.0. The Morgan fingerprint density at radius 2 is 2.33 bits per heavy atom. The Morgan fingerprint density at radius 3 is 3.00 bits per heavy atom. The Kier molecular flexibility index (Phi) is 4.31.